The number of rotatable bonds is 8. The van der Waals surface area contributed by atoms with Gasteiger partial charge < -0.3 is 0 Å². The number of unbranched alkanes of at least 4 members (excludes halogenated alkanes) is 1. The fourth-order valence-electron chi connectivity index (χ4n) is 3.66. The zero-order valence-corrected chi connectivity index (χ0v) is 19.3. The van der Waals surface area contributed by atoms with Crippen LogP contribution < -0.4 is 4.80 Å². The Bertz CT molecular complexity index is 1300. The van der Waals surface area contributed by atoms with Gasteiger partial charge in [0, 0.05) is 17.9 Å². The average Bonchev–Trinajstić information content (AvgIpc) is 3.43. The number of carbonyl (C=O) groups excluding carboxylic acids is 1. The monoisotopic (exact) mass is 459 g/mol. The molecule has 2 aromatic carbocycles. The fourth-order valence-corrected chi connectivity index (χ4v) is 4.60. The van der Waals surface area contributed by atoms with Crippen molar-refractivity contribution in [2.75, 3.05) is 0 Å². The highest BCUT2D eigenvalue weighted by Crippen LogP contribution is 2.30. The van der Waals surface area contributed by atoms with E-state index in [1.165, 1.54) is 11.3 Å². The Morgan fingerprint density at radius 1 is 1.15 bits per heavy atom. The molecule has 168 valence electrons. The molecule has 8 nitrogen and oxygen atoms in total. The zero-order valence-electron chi connectivity index (χ0n) is 18.4. The second kappa shape index (κ2) is 9.58. The summed E-state index contributed by atoms with van der Waals surface area (Å²) in [4.78, 5) is 17.4. The van der Waals surface area contributed by atoms with Crippen LogP contribution in [0.2, 0.25) is 0 Å². The summed E-state index contributed by atoms with van der Waals surface area (Å²) in [5.41, 5.74) is 4.18. The quantitative estimate of drug-likeness (QED) is 0.429. The van der Waals surface area contributed by atoms with Crippen LogP contribution in [0, 0.1) is 5.92 Å². The molecule has 9 heteroatoms. The first-order valence-corrected chi connectivity index (χ1v) is 12.1. The molecule has 2 aromatic heterocycles. The molecule has 1 aliphatic rings. The minimum atomic E-state index is -0.0108. The van der Waals surface area contributed by atoms with Gasteiger partial charge in [-0.05, 0) is 46.4 Å². The third kappa shape index (κ3) is 4.98. The number of aromatic nitrogens is 6. The molecule has 0 bridgehead atoms. The molecular formula is C24H25N7OS. The van der Waals surface area contributed by atoms with Crippen molar-refractivity contribution >= 4 is 17.2 Å². The molecule has 1 amide bonds. The lowest BCUT2D eigenvalue weighted by Crippen LogP contribution is -2.19. The second-order valence-electron chi connectivity index (χ2n) is 8.26. The normalized spacial score (nSPS) is 14.0. The molecule has 0 saturated heterocycles. The van der Waals surface area contributed by atoms with Crippen LogP contribution in [0.5, 0.6) is 0 Å². The van der Waals surface area contributed by atoms with Crippen molar-refractivity contribution < 1.29 is 4.79 Å². The molecule has 0 unspecified atom stereocenters. The topological polar surface area (TPSA) is 102 Å². The molecular weight excluding hydrogens is 434 g/mol. The van der Waals surface area contributed by atoms with Gasteiger partial charge in [0.05, 0.1) is 6.54 Å². The van der Waals surface area contributed by atoms with Crippen molar-refractivity contribution in [3.63, 3.8) is 0 Å². The third-order valence-corrected chi connectivity index (χ3v) is 6.67. The highest BCUT2D eigenvalue weighted by atomic mass is 32.1. The van der Waals surface area contributed by atoms with Gasteiger partial charge in [-0.3, -0.25) is 4.79 Å². The van der Waals surface area contributed by atoms with Gasteiger partial charge in [-0.15, -0.1) is 5.10 Å². The number of H-pyrrole nitrogens is 1. The smallest absolute Gasteiger partial charge is 0.251 e. The molecule has 0 atom stereocenters. The maximum Gasteiger partial charge on any atom is 0.251 e. The minimum absolute atomic E-state index is 0.0108. The van der Waals surface area contributed by atoms with Crippen molar-refractivity contribution in [1.82, 2.24) is 30.4 Å². The molecule has 33 heavy (non-hydrogen) atoms. The van der Waals surface area contributed by atoms with E-state index in [1.54, 1.807) is 0 Å². The number of amides is 1. The van der Waals surface area contributed by atoms with E-state index in [1.807, 2.05) is 22.9 Å². The van der Waals surface area contributed by atoms with Crippen LogP contribution in [0.1, 0.15) is 43.2 Å². The van der Waals surface area contributed by atoms with E-state index in [-0.39, 0.29) is 11.8 Å². The lowest BCUT2D eigenvalue weighted by atomic mass is 9.98. The molecule has 1 N–H and O–H groups in total. The fraction of sp³-hybridized carbons (Fsp3) is 0.333. The van der Waals surface area contributed by atoms with Crippen LogP contribution in [-0.4, -0.2) is 36.3 Å². The average molecular weight is 460 g/mol. The summed E-state index contributed by atoms with van der Waals surface area (Å²) in [5, 5.41) is 20.1. The number of hydrogen-bond donors (Lipinski definition) is 1. The Morgan fingerprint density at radius 2 is 1.94 bits per heavy atom. The lowest BCUT2D eigenvalue weighted by molar-refractivity contribution is -0.119. The number of aromatic amines is 1. The van der Waals surface area contributed by atoms with Crippen molar-refractivity contribution in [2.24, 2.45) is 10.9 Å². The van der Waals surface area contributed by atoms with E-state index in [0.717, 1.165) is 59.4 Å². The van der Waals surface area contributed by atoms with Crippen LogP contribution in [0.3, 0.4) is 0 Å². The molecule has 1 fully saturated rings. The number of benzene rings is 2. The van der Waals surface area contributed by atoms with Gasteiger partial charge in [0.15, 0.2) is 5.82 Å². The maximum atomic E-state index is 12.3. The highest BCUT2D eigenvalue weighted by Gasteiger charge is 2.29. The maximum absolute atomic E-state index is 12.3. The lowest BCUT2D eigenvalue weighted by Gasteiger charge is -2.08. The van der Waals surface area contributed by atoms with Crippen LogP contribution >= 0.6 is 11.3 Å². The van der Waals surface area contributed by atoms with Gasteiger partial charge in [-0.25, -0.2) is 9.78 Å². The number of nitrogens with one attached hydrogen (secondary N) is 1. The SMILES string of the molecule is CCCCc1nn(Cc2ccc(-c3ccccc3-c3nnn[nH]3)cc2)c(=NC(=O)C2CC2)s1. The molecule has 1 saturated carbocycles. The molecule has 1 aliphatic carbocycles. The molecule has 4 aromatic rings. The first-order chi connectivity index (χ1) is 16.2. The number of tetrazole rings is 1. The molecule has 2 heterocycles. The van der Waals surface area contributed by atoms with Gasteiger partial charge in [0.1, 0.15) is 5.01 Å². The minimum Gasteiger partial charge on any atom is -0.272 e. The summed E-state index contributed by atoms with van der Waals surface area (Å²) < 4.78 is 1.87. The standard InChI is InChI=1S/C24H25N7OS/c1-2-3-8-21-28-31(24(33-21)25-23(32)18-13-14-18)15-16-9-11-17(12-10-16)19-6-4-5-7-20(19)22-26-29-30-27-22/h4-7,9-12,18H,2-3,8,13-15H2,1H3,(H,26,27,29,30). The summed E-state index contributed by atoms with van der Waals surface area (Å²) >= 11 is 1.53. The van der Waals surface area contributed by atoms with Crippen LogP contribution in [0.4, 0.5) is 0 Å². The Labute approximate surface area is 195 Å². The van der Waals surface area contributed by atoms with Gasteiger partial charge >= 0.3 is 0 Å². The van der Waals surface area contributed by atoms with Gasteiger partial charge in [-0.1, -0.05) is 73.2 Å². The van der Waals surface area contributed by atoms with Crippen molar-refractivity contribution in [1.29, 1.82) is 0 Å². The van der Waals surface area contributed by atoms with E-state index < -0.39 is 0 Å². The number of aryl methyl sites for hydroxylation is 1. The predicted octanol–water partition coefficient (Wildman–Crippen LogP) is 4.02. The van der Waals surface area contributed by atoms with Gasteiger partial charge in [0.25, 0.3) is 5.91 Å². The number of carbonyl (C=O) groups is 1. The van der Waals surface area contributed by atoms with Crippen molar-refractivity contribution in [2.45, 2.75) is 45.6 Å². The predicted molar refractivity (Wildman–Crippen MR) is 126 cm³/mol. The summed E-state index contributed by atoms with van der Waals surface area (Å²) in [7, 11) is 0. The molecule has 0 spiro atoms. The Morgan fingerprint density at radius 3 is 2.64 bits per heavy atom. The molecule has 0 aliphatic heterocycles. The van der Waals surface area contributed by atoms with Crippen LogP contribution in [0.25, 0.3) is 22.5 Å². The summed E-state index contributed by atoms with van der Waals surface area (Å²) in [6.45, 7) is 2.75. The number of hydrogen-bond acceptors (Lipinski definition) is 6. The Kier molecular flexibility index (Phi) is 6.21. The van der Waals surface area contributed by atoms with Gasteiger partial charge in [-0.2, -0.15) is 10.1 Å². The van der Waals surface area contributed by atoms with Crippen molar-refractivity contribution in [3.8, 4) is 22.5 Å². The van der Waals surface area contributed by atoms with Crippen molar-refractivity contribution in [3.05, 3.63) is 63.9 Å². The second-order valence-corrected chi connectivity index (χ2v) is 9.30. The first-order valence-electron chi connectivity index (χ1n) is 11.3. The van der Waals surface area contributed by atoms with E-state index in [0.29, 0.717) is 17.2 Å². The zero-order chi connectivity index (χ0) is 22.6. The van der Waals surface area contributed by atoms with Crippen LogP contribution in [0.15, 0.2) is 53.5 Å². The largest absolute Gasteiger partial charge is 0.272 e. The van der Waals surface area contributed by atoms with E-state index in [2.05, 4.69) is 62.9 Å². The highest BCUT2D eigenvalue weighted by molar-refractivity contribution is 7.08. The molecule has 5 rings (SSSR count). The Balaban J connectivity index is 1.41. The summed E-state index contributed by atoms with van der Waals surface area (Å²) in [6, 6.07) is 16.4. The first kappa shape index (κ1) is 21.4. The van der Waals surface area contributed by atoms with Crippen LogP contribution in [-0.2, 0) is 17.8 Å². The number of nitrogens with zero attached hydrogens (tertiary/aromatic N) is 6. The Hall–Kier alpha value is -3.46. The molecule has 0 radical (unpaired) electrons. The van der Waals surface area contributed by atoms with E-state index in [9.17, 15) is 4.79 Å². The summed E-state index contributed by atoms with van der Waals surface area (Å²) in [5.74, 6) is 0.737. The third-order valence-electron chi connectivity index (χ3n) is 5.66. The summed E-state index contributed by atoms with van der Waals surface area (Å²) in [6.07, 6.45) is 5.02. The van der Waals surface area contributed by atoms with E-state index in [4.69, 9.17) is 5.10 Å². The van der Waals surface area contributed by atoms with Gasteiger partial charge in [0.2, 0.25) is 4.80 Å². The van der Waals surface area contributed by atoms with E-state index >= 15 is 0 Å².